The van der Waals surface area contributed by atoms with Crippen LogP contribution in [0.25, 0.3) is 22.2 Å². The number of nitrogens with zero attached hydrogens (tertiary/aromatic N) is 2. The zero-order chi connectivity index (χ0) is 22.7. The smallest absolute Gasteiger partial charge is 0.339 e. The van der Waals surface area contributed by atoms with Crippen molar-refractivity contribution in [3.05, 3.63) is 60.2 Å². The average Bonchev–Trinajstić information content (AvgIpc) is 2.81. The molecule has 7 nitrogen and oxygen atoms in total. The molecule has 0 spiro atoms. The fraction of sp³-hybridized carbons (Fsp3) is 0.320. The van der Waals surface area contributed by atoms with Gasteiger partial charge in [-0.1, -0.05) is 18.2 Å². The van der Waals surface area contributed by atoms with Crippen LogP contribution in [0.3, 0.4) is 0 Å². The summed E-state index contributed by atoms with van der Waals surface area (Å²) in [6, 6.07) is 16.5. The largest absolute Gasteiger partial charge is 0.497 e. The van der Waals surface area contributed by atoms with Gasteiger partial charge in [-0.15, -0.1) is 0 Å². The fourth-order valence-electron chi connectivity index (χ4n) is 3.93. The third kappa shape index (κ3) is 4.73. The Bertz CT molecular complexity index is 1120. The molecule has 0 unspecified atom stereocenters. The van der Waals surface area contributed by atoms with E-state index in [0.717, 1.165) is 11.3 Å². The molecular weight excluding hydrogens is 408 g/mol. The van der Waals surface area contributed by atoms with Crippen LogP contribution in [-0.2, 0) is 14.3 Å². The van der Waals surface area contributed by atoms with E-state index in [-0.39, 0.29) is 24.7 Å². The number of methoxy groups -OCH3 is 1. The van der Waals surface area contributed by atoms with Gasteiger partial charge in [0.2, 0.25) is 0 Å². The highest BCUT2D eigenvalue weighted by Gasteiger charge is 2.27. The van der Waals surface area contributed by atoms with E-state index in [1.807, 2.05) is 62.4 Å². The summed E-state index contributed by atoms with van der Waals surface area (Å²) in [5, 5.41) is 0.677. The molecule has 2 aromatic carbocycles. The van der Waals surface area contributed by atoms with Crippen molar-refractivity contribution in [1.29, 1.82) is 0 Å². The van der Waals surface area contributed by atoms with Crippen molar-refractivity contribution in [3.8, 4) is 17.0 Å². The molecule has 0 radical (unpaired) electrons. The van der Waals surface area contributed by atoms with Crippen LogP contribution >= 0.6 is 0 Å². The van der Waals surface area contributed by atoms with Crippen LogP contribution in [-0.4, -0.2) is 60.8 Å². The molecule has 0 saturated carbocycles. The number of esters is 1. The Kier molecular flexibility index (Phi) is 6.37. The van der Waals surface area contributed by atoms with Gasteiger partial charge in [0, 0.05) is 24.0 Å². The molecule has 2 heterocycles. The molecular formula is C25H26N2O5. The van der Waals surface area contributed by atoms with Crippen LogP contribution in [0.5, 0.6) is 5.75 Å². The Balaban J connectivity index is 1.57. The number of pyridine rings is 1. The molecule has 1 fully saturated rings. The lowest BCUT2D eigenvalue weighted by Gasteiger charge is -2.35. The lowest BCUT2D eigenvalue weighted by molar-refractivity contribution is -0.146. The van der Waals surface area contributed by atoms with Crippen LogP contribution in [0.4, 0.5) is 0 Å². The lowest BCUT2D eigenvalue weighted by atomic mass is 10.0. The molecule has 3 aromatic rings. The highest BCUT2D eigenvalue weighted by molar-refractivity contribution is 6.05. The Hall–Kier alpha value is -3.45. The summed E-state index contributed by atoms with van der Waals surface area (Å²) < 4.78 is 16.3. The number of hydrogen-bond acceptors (Lipinski definition) is 6. The lowest BCUT2D eigenvalue weighted by Crippen LogP contribution is -2.49. The van der Waals surface area contributed by atoms with Crippen LogP contribution in [0.15, 0.2) is 54.6 Å². The van der Waals surface area contributed by atoms with Gasteiger partial charge in [0.05, 0.1) is 36.1 Å². The second kappa shape index (κ2) is 9.36. The zero-order valence-corrected chi connectivity index (χ0v) is 18.4. The first-order chi connectivity index (χ1) is 15.4. The summed E-state index contributed by atoms with van der Waals surface area (Å²) >= 11 is 0. The number of carbonyl (C=O) groups excluding carboxylic acids is 2. The fourth-order valence-corrected chi connectivity index (χ4v) is 3.93. The second-order valence-corrected chi connectivity index (χ2v) is 7.93. The van der Waals surface area contributed by atoms with Gasteiger partial charge in [-0.25, -0.2) is 9.78 Å². The van der Waals surface area contributed by atoms with E-state index in [1.165, 1.54) is 0 Å². The molecule has 7 heteroatoms. The molecule has 1 aromatic heterocycles. The minimum absolute atomic E-state index is 0.0467. The minimum atomic E-state index is -0.555. The molecule has 4 rings (SSSR count). The summed E-state index contributed by atoms with van der Waals surface area (Å²) in [4.78, 5) is 32.0. The number of benzene rings is 2. The van der Waals surface area contributed by atoms with Crippen molar-refractivity contribution in [2.75, 3.05) is 26.8 Å². The van der Waals surface area contributed by atoms with E-state index in [4.69, 9.17) is 19.2 Å². The summed E-state index contributed by atoms with van der Waals surface area (Å²) in [6.45, 7) is 4.51. The number of para-hydroxylation sites is 1. The number of ether oxygens (including phenoxy) is 3. The maximum Gasteiger partial charge on any atom is 0.339 e. The number of aromatic nitrogens is 1. The summed E-state index contributed by atoms with van der Waals surface area (Å²) in [7, 11) is 1.61. The maximum atomic E-state index is 13.0. The third-order valence-corrected chi connectivity index (χ3v) is 5.42. The van der Waals surface area contributed by atoms with Crippen LogP contribution in [0, 0.1) is 0 Å². The van der Waals surface area contributed by atoms with Gasteiger partial charge in [-0.05, 0) is 50.2 Å². The molecule has 0 aliphatic carbocycles. The standard InChI is InChI=1S/C25H26N2O5/c1-16-13-27(14-17(2)32-16)24(28)15-31-25(29)21-12-23(18-8-10-19(30-3)11-9-18)26-22-7-5-4-6-20(21)22/h4-12,16-17H,13-15H2,1-3H3/t16-,17+. The van der Waals surface area contributed by atoms with Gasteiger partial charge in [-0.2, -0.15) is 0 Å². The molecule has 1 saturated heterocycles. The van der Waals surface area contributed by atoms with Gasteiger partial charge < -0.3 is 19.1 Å². The van der Waals surface area contributed by atoms with Crippen LogP contribution in [0.2, 0.25) is 0 Å². The molecule has 1 amide bonds. The summed E-state index contributed by atoms with van der Waals surface area (Å²) in [5.41, 5.74) is 2.53. The second-order valence-electron chi connectivity index (χ2n) is 7.93. The first-order valence-electron chi connectivity index (χ1n) is 10.6. The number of carbonyl (C=O) groups is 2. The first-order valence-corrected chi connectivity index (χ1v) is 10.6. The van der Waals surface area contributed by atoms with E-state index >= 15 is 0 Å². The predicted molar refractivity (Wildman–Crippen MR) is 121 cm³/mol. The van der Waals surface area contributed by atoms with Crippen LogP contribution < -0.4 is 4.74 Å². The molecule has 1 aliphatic heterocycles. The minimum Gasteiger partial charge on any atom is -0.497 e. The molecule has 2 atom stereocenters. The monoisotopic (exact) mass is 434 g/mol. The Morgan fingerprint density at radius 2 is 1.75 bits per heavy atom. The van der Waals surface area contributed by atoms with Crippen molar-refractivity contribution in [1.82, 2.24) is 9.88 Å². The number of hydrogen-bond donors (Lipinski definition) is 0. The van der Waals surface area contributed by atoms with Gasteiger partial charge in [0.15, 0.2) is 6.61 Å². The van der Waals surface area contributed by atoms with Crippen molar-refractivity contribution >= 4 is 22.8 Å². The Morgan fingerprint density at radius 3 is 2.44 bits per heavy atom. The Labute approximate surface area is 186 Å². The molecule has 0 bridgehead atoms. The molecule has 32 heavy (non-hydrogen) atoms. The van der Waals surface area contributed by atoms with Crippen molar-refractivity contribution in [3.63, 3.8) is 0 Å². The SMILES string of the molecule is COc1ccc(-c2cc(C(=O)OCC(=O)N3C[C@@H](C)O[C@@H](C)C3)c3ccccc3n2)cc1. The third-order valence-electron chi connectivity index (χ3n) is 5.42. The molecule has 1 aliphatic rings. The average molecular weight is 434 g/mol. The quantitative estimate of drug-likeness (QED) is 0.570. The molecule has 166 valence electrons. The molecule has 0 N–H and O–H groups in total. The zero-order valence-electron chi connectivity index (χ0n) is 18.4. The van der Waals surface area contributed by atoms with Crippen LogP contribution in [0.1, 0.15) is 24.2 Å². The summed E-state index contributed by atoms with van der Waals surface area (Å²) in [6.07, 6.45) is -0.0933. The van der Waals surface area contributed by atoms with E-state index < -0.39 is 5.97 Å². The number of fused-ring (bicyclic) bond motifs is 1. The van der Waals surface area contributed by atoms with Crippen molar-refractivity contribution in [2.45, 2.75) is 26.1 Å². The normalized spacial score (nSPS) is 18.4. The van der Waals surface area contributed by atoms with Crippen molar-refractivity contribution < 1.29 is 23.8 Å². The number of morpholine rings is 1. The van der Waals surface area contributed by atoms with Gasteiger partial charge in [0.1, 0.15) is 5.75 Å². The van der Waals surface area contributed by atoms with Gasteiger partial charge in [0.25, 0.3) is 5.91 Å². The van der Waals surface area contributed by atoms with E-state index in [9.17, 15) is 9.59 Å². The maximum absolute atomic E-state index is 13.0. The predicted octanol–water partition coefficient (Wildman–Crippen LogP) is 3.70. The number of rotatable bonds is 5. The summed E-state index contributed by atoms with van der Waals surface area (Å²) in [5.74, 6) is -0.0467. The number of amides is 1. The topological polar surface area (TPSA) is 78.0 Å². The Morgan fingerprint density at radius 1 is 1.06 bits per heavy atom. The highest BCUT2D eigenvalue weighted by Crippen LogP contribution is 2.27. The van der Waals surface area contributed by atoms with E-state index in [2.05, 4.69) is 0 Å². The van der Waals surface area contributed by atoms with E-state index in [0.29, 0.717) is 35.2 Å². The van der Waals surface area contributed by atoms with Crippen molar-refractivity contribution in [2.24, 2.45) is 0 Å². The first kappa shape index (κ1) is 21.8. The highest BCUT2D eigenvalue weighted by atomic mass is 16.5. The van der Waals surface area contributed by atoms with Gasteiger partial charge >= 0.3 is 5.97 Å². The van der Waals surface area contributed by atoms with Gasteiger partial charge in [-0.3, -0.25) is 4.79 Å². The van der Waals surface area contributed by atoms with E-state index in [1.54, 1.807) is 18.1 Å².